The minimum atomic E-state index is 0.0186. The Morgan fingerprint density at radius 2 is 1.45 bits per heavy atom. The molecule has 1 heterocycles. The maximum absolute atomic E-state index is 8.89. The van der Waals surface area contributed by atoms with E-state index in [1.165, 1.54) is 14.2 Å². The van der Waals surface area contributed by atoms with Gasteiger partial charge < -0.3 is 30.6 Å². The van der Waals surface area contributed by atoms with Gasteiger partial charge in [0.05, 0.1) is 33.0 Å². The maximum atomic E-state index is 8.89. The molecule has 0 aliphatic rings. The molecule has 0 radical (unpaired) electrons. The fourth-order valence-corrected chi connectivity index (χ4v) is 2.50. The number of nitrogens with one attached hydrogen (secondary N) is 2. The van der Waals surface area contributed by atoms with E-state index in [1.807, 2.05) is 0 Å². The van der Waals surface area contributed by atoms with Gasteiger partial charge in [0, 0.05) is 17.8 Å². The number of methoxy groups -OCH3 is 3. The lowest BCUT2D eigenvalue weighted by Gasteiger charge is -2.16. The first-order chi connectivity index (χ1) is 14.1. The number of nitrogens with two attached hydrogens (primary N) is 1. The molecular weight excluding hydrogens is 374 g/mol. The van der Waals surface area contributed by atoms with Crippen LogP contribution in [-0.2, 0) is 0 Å². The van der Waals surface area contributed by atoms with Gasteiger partial charge >= 0.3 is 0 Å². The zero-order valence-corrected chi connectivity index (χ0v) is 16.1. The molecule has 0 saturated heterocycles. The van der Waals surface area contributed by atoms with Crippen molar-refractivity contribution in [1.29, 1.82) is 5.26 Å². The van der Waals surface area contributed by atoms with Crippen molar-refractivity contribution in [3.63, 3.8) is 0 Å². The number of anilines is 5. The van der Waals surface area contributed by atoms with Crippen molar-refractivity contribution in [1.82, 2.24) is 15.0 Å². The molecule has 0 spiro atoms. The summed E-state index contributed by atoms with van der Waals surface area (Å²) < 4.78 is 16.1. The van der Waals surface area contributed by atoms with Crippen molar-refractivity contribution in [3.8, 4) is 23.3 Å². The molecule has 0 aliphatic carbocycles. The van der Waals surface area contributed by atoms with Crippen molar-refractivity contribution in [2.75, 3.05) is 37.7 Å². The van der Waals surface area contributed by atoms with Crippen LogP contribution in [0.3, 0.4) is 0 Å². The molecule has 3 rings (SSSR count). The highest BCUT2D eigenvalue weighted by Crippen LogP contribution is 2.40. The number of hydrogen-bond donors (Lipinski definition) is 3. The SMILES string of the molecule is COc1cc(OC)c(Nc2nc(N)nc(Nc3ccc(C#N)cc3)n2)c(OC)c1. The van der Waals surface area contributed by atoms with E-state index in [0.29, 0.717) is 34.2 Å². The van der Waals surface area contributed by atoms with Gasteiger partial charge in [-0.3, -0.25) is 0 Å². The summed E-state index contributed by atoms with van der Waals surface area (Å²) in [5, 5.41) is 15.0. The van der Waals surface area contributed by atoms with Crippen LogP contribution in [0.4, 0.5) is 29.2 Å². The zero-order chi connectivity index (χ0) is 20.8. The lowest BCUT2D eigenvalue weighted by Crippen LogP contribution is -2.08. The minimum Gasteiger partial charge on any atom is -0.496 e. The summed E-state index contributed by atoms with van der Waals surface area (Å²) >= 11 is 0. The van der Waals surface area contributed by atoms with Crippen LogP contribution in [0.1, 0.15) is 5.56 Å². The first kappa shape index (κ1) is 19.5. The summed E-state index contributed by atoms with van der Waals surface area (Å²) in [6.07, 6.45) is 0. The van der Waals surface area contributed by atoms with E-state index < -0.39 is 0 Å². The third-order valence-corrected chi connectivity index (χ3v) is 3.87. The lowest BCUT2D eigenvalue weighted by molar-refractivity contribution is 0.378. The van der Waals surface area contributed by atoms with Crippen molar-refractivity contribution in [2.45, 2.75) is 0 Å². The van der Waals surface area contributed by atoms with Gasteiger partial charge in [-0.15, -0.1) is 0 Å². The van der Waals surface area contributed by atoms with Crippen LogP contribution >= 0.6 is 0 Å². The quantitative estimate of drug-likeness (QED) is 0.549. The van der Waals surface area contributed by atoms with Gasteiger partial charge in [0.2, 0.25) is 17.8 Å². The average molecular weight is 393 g/mol. The highest BCUT2D eigenvalue weighted by molar-refractivity contribution is 5.73. The molecule has 4 N–H and O–H groups in total. The molecule has 0 fully saturated rings. The molecule has 10 nitrogen and oxygen atoms in total. The second-order valence-electron chi connectivity index (χ2n) is 5.69. The van der Waals surface area contributed by atoms with E-state index in [-0.39, 0.29) is 17.8 Å². The normalized spacial score (nSPS) is 10.0. The minimum absolute atomic E-state index is 0.0186. The molecule has 1 aromatic heterocycles. The fraction of sp³-hybridized carbons (Fsp3) is 0.158. The molecule has 29 heavy (non-hydrogen) atoms. The molecule has 10 heteroatoms. The van der Waals surface area contributed by atoms with Crippen LogP contribution in [0.2, 0.25) is 0 Å². The summed E-state index contributed by atoms with van der Waals surface area (Å²) in [6, 6.07) is 12.3. The highest BCUT2D eigenvalue weighted by atomic mass is 16.5. The number of ether oxygens (including phenoxy) is 3. The van der Waals surface area contributed by atoms with Crippen LogP contribution in [-0.4, -0.2) is 36.3 Å². The first-order valence-electron chi connectivity index (χ1n) is 8.42. The second-order valence-corrected chi connectivity index (χ2v) is 5.69. The van der Waals surface area contributed by atoms with Crippen LogP contribution in [0.15, 0.2) is 36.4 Å². The molecule has 2 aromatic carbocycles. The summed E-state index contributed by atoms with van der Waals surface area (Å²) in [6.45, 7) is 0. The third-order valence-electron chi connectivity index (χ3n) is 3.87. The lowest BCUT2D eigenvalue weighted by atomic mass is 10.2. The third kappa shape index (κ3) is 4.54. The Hall–Kier alpha value is -4.26. The molecule has 0 bridgehead atoms. The maximum Gasteiger partial charge on any atom is 0.234 e. The number of nitrogen functional groups attached to an aromatic ring is 1. The van der Waals surface area contributed by atoms with Gasteiger partial charge in [-0.25, -0.2) is 0 Å². The van der Waals surface area contributed by atoms with E-state index >= 15 is 0 Å². The zero-order valence-electron chi connectivity index (χ0n) is 16.1. The smallest absolute Gasteiger partial charge is 0.234 e. The number of rotatable bonds is 7. The Labute approximate surface area is 167 Å². The van der Waals surface area contributed by atoms with Crippen LogP contribution in [0.25, 0.3) is 0 Å². The number of nitrogens with zero attached hydrogens (tertiary/aromatic N) is 4. The Morgan fingerprint density at radius 1 is 0.862 bits per heavy atom. The van der Waals surface area contributed by atoms with E-state index in [9.17, 15) is 0 Å². The Morgan fingerprint density at radius 3 is 1.97 bits per heavy atom. The van der Waals surface area contributed by atoms with Gasteiger partial charge in [0.1, 0.15) is 22.9 Å². The second kappa shape index (κ2) is 8.62. The van der Waals surface area contributed by atoms with Crippen molar-refractivity contribution in [2.24, 2.45) is 0 Å². The Balaban J connectivity index is 1.91. The molecule has 0 amide bonds. The van der Waals surface area contributed by atoms with Gasteiger partial charge in [-0.05, 0) is 24.3 Å². The summed E-state index contributed by atoms with van der Waals surface area (Å²) in [4.78, 5) is 12.5. The number of nitriles is 1. The predicted octanol–water partition coefficient (Wildman–Crippen LogP) is 2.84. The van der Waals surface area contributed by atoms with Crippen molar-refractivity contribution < 1.29 is 14.2 Å². The Bertz CT molecular complexity index is 1020. The predicted molar refractivity (Wildman–Crippen MR) is 108 cm³/mol. The molecule has 0 saturated carbocycles. The van der Waals surface area contributed by atoms with Gasteiger partial charge in [0.15, 0.2) is 0 Å². The van der Waals surface area contributed by atoms with Gasteiger partial charge in [-0.1, -0.05) is 0 Å². The Kier molecular flexibility index (Phi) is 5.80. The van der Waals surface area contributed by atoms with Crippen molar-refractivity contribution in [3.05, 3.63) is 42.0 Å². The van der Waals surface area contributed by atoms with Crippen LogP contribution in [0.5, 0.6) is 17.2 Å². The average Bonchev–Trinajstić information content (AvgIpc) is 2.74. The number of aromatic nitrogens is 3. The standard InChI is InChI=1S/C19H19N7O3/c1-27-13-8-14(28-2)16(15(9-13)29-3)23-19-25-17(21)24-18(26-19)22-12-6-4-11(10-20)5-7-12/h4-9H,1-3H3,(H4,21,22,23,24,25,26). The summed E-state index contributed by atoms with van der Waals surface area (Å²) in [5.74, 6) is 1.96. The van der Waals surface area contributed by atoms with Crippen LogP contribution in [0, 0.1) is 11.3 Å². The topological polar surface area (TPSA) is 140 Å². The fourth-order valence-electron chi connectivity index (χ4n) is 2.50. The highest BCUT2D eigenvalue weighted by Gasteiger charge is 2.16. The molecular formula is C19H19N7O3. The van der Waals surface area contributed by atoms with Gasteiger partial charge in [-0.2, -0.15) is 20.2 Å². The van der Waals surface area contributed by atoms with Crippen LogP contribution < -0.4 is 30.6 Å². The van der Waals surface area contributed by atoms with E-state index in [0.717, 1.165) is 0 Å². The molecule has 148 valence electrons. The number of benzene rings is 2. The molecule has 0 atom stereocenters. The first-order valence-corrected chi connectivity index (χ1v) is 8.42. The van der Waals surface area contributed by atoms with Gasteiger partial charge in [0.25, 0.3) is 0 Å². The van der Waals surface area contributed by atoms with Crippen molar-refractivity contribution >= 4 is 29.2 Å². The molecule has 0 unspecified atom stereocenters. The number of hydrogen-bond acceptors (Lipinski definition) is 10. The van der Waals surface area contributed by atoms with E-state index in [2.05, 4.69) is 31.7 Å². The largest absolute Gasteiger partial charge is 0.496 e. The molecule has 0 aliphatic heterocycles. The van der Waals surface area contributed by atoms with E-state index in [4.69, 9.17) is 25.2 Å². The van der Waals surface area contributed by atoms with E-state index in [1.54, 1.807) is 43.5 Å². The monoisotopic (exact) mass is 393 g/mol. The summed E-state index contributed by atoms with van der Waals surface area (Å²) in [7, 11) is 4.60. The molecule has 3 aromatic rings. The summed E-state index contributed by atoms with van der Waals surface area (Å²) in [5.41, 5.74) is 7.58.